The molecule has 0 radical (unpaired) electrons. The molecule has 9 N–H and O–H groups in total. The van der Waals surface area contributed by atoms with Gasteiger partial charge in [0.1, 0.15) is 18.3 Å². The lowest BCUT2D eigenvalue weighted by Crippen LogP contribution is -2.60. The zero-order valence-corrected chi connectivity index (χ0v) is 56.8. The van der Waals surface area contributed by atoms with Crippen molar-refractivity contribution in [3.05, 3.63) is 107 Å². The third-order valence-corrected chi connectivity index (χ3v) is 23.7. The van der Waals surface area contributed by atoms with E-state index < -0.39 is 122 Å². The number of nitrogens with one attached hydrogen (secondary N) is 4. The van der Waals surface area contributed by atoms with Crippen LogP contribution in [0.25, 0.3) is 0 Å². The second kappa shape index (κ2) is 30.5. The Labute approximate surface area is 538 Å². The molecule has 4 heterocycles. The summed E-state index contributed by atoms with van der Waals surface area (Å²) in [7, 11) is 0.0607. The minimum absolute atomic E-state index is 0.0436. The number of amides is 4. The van der Waals surface area contributed by atoms with Gasteiger partial charge >= 0.3 is 18.0 Å². The fraction of sp³-hybridized carbons (Fsp3) is 0.603. The van der Waals surface area contributed by atoms with Crippen LogP contribution in [0.2, 0.25) is 0 Å². The van der Waals surface area contributed by atoms with Crippen LogP contribution in [0.4, 0.5) is 32.3 Å². The number of nitrogens with zero attached hydrogens (tertiary/aromatic N) is 2. The molecule has 23 heteroatoms. The fourth-order valence-electron chi connectivity index (χ4n) is 13.9. The van der Waals surface area contributed by atoms with Crippen molar-refractivity contribution < 1.29 is 71.0 Å². The lowest BCUT2D eigenvalue weighted by molar-refractivity contribution is -0.209. The molecule has 0 unspecified atom stereocenters. The molecule has 2 saturated heterocycles. The van der Waals surface area contributed by atoms with Crippen LogP contribution in [0.1, 0.15) is 154 Å². The van der Waals surface area contributed by atoms with Gasteiger partial charge in [0.15, 0.2) is 32.1 Å². The van der Waals surface area contributed by atoms with E-state index in [1.54, 1.807) is 67.6 Å². The van der Waals surface area contributed by atoms with Gasteiger partial charge < -0.3 is 70.8 Å². The van der Waals surface area contributed by atoms with Gasteiger partial charge in [0.05, 0.1) is 52.3 Å². The Bertz CT molecular complexity index is 3390. The molecule has 4 aromatic carbocycles. The van der Waals surface area contributed by atoms with Gasteiger partial charge in [0, 0.05) is 92.4 Å². The van der Waals surface area contributed by atoms with Crippen molar-refractivity contribution in [1.29, 1.82) is 0 Å². The number of carbonyl (C=O) groups excluding carboxylic acids is 3. The Morgan fingerprint density at radius 3 is 1.43 bits per heavy atom. The quantitative estimate of drug-likeness (QED) is 0.0396. The van der Waals surface area contributed by atoms with Crippen molar-refractivity contribution in [2.24, 2.45) is 28.6 Å². The van der Waals surface area contributed by atoms with Crippen molar-refractivity contribution in [2.45, 2.75) is 197 Å². The number of fused-ring (bicyclic) bond motifs is 2. The number of hydrogen-bond acceptors (Lipinski definition) is 17. The maximum atomic E-state index is 14.0. The first-order valence-electron chi connectivity index (χ1n) is 32.2. The Morgan fingerprint density at radius 2 is 1.03 bits per heavy atom. The normalized spacial score (nSPS) is 30.7. The smallest absolute Gasteiger partial charge is 0.321 e. The lowest BCUT2D eigenvalue weighted by Gasteiger charge is -2.44. The monoisotopic (exact) mass is 1300 g/mol. The molecule has 0 aromatic heterocycles. The van der Waals surface area contributed by atoms with Gasteiger partial charge in [-0.15, -0.1) is 0 Å². The number of urea groups is 2. The van der Waals surface area contributed by atoms with Crippen molar-refractivity contribution in [3.63, 3.8) is 0 Å². The molecule has 8 rings (SSSR count). The van der Waals surface area contributed by atoms with Crippen LogP contribution in [0.5, 0.6) is 0 Å². The first kappa shape index (κ1) is 72.5. The van der Waals surface area contributed by atoms with Crippen molar-refractivity contribution in [3.8, 4) is 0 Å². The Hall–Kier alpha value is -5.89. The third-order valence-electron chi connectivity index (χ3n) is 19.7. The van der Waals surface area contributed by atoms with Crippen LogP contribution in [0, 0.1) is 28.6 Å². The minimum Gasteiger partial charge on any atom is -0.457 e. The van der Waals surface area contributed by atoms with Gasteiger partial charge in [-0.2, -0.15) is 0 Å². The fourth-order valence-corrected chi connectivity index (χ4v) is 18.4. The molecular formula is C68H100N6O15S2. The maximum absolute atomic E-state index is 14.0. The largest absolute Gasteiger partial charge is 0.457 e. The molecule has 16 atom stereocenters. The van der Waals surface area contributed by atoms with Crippen molar-refractivity contribution in [2.75, 3.05) is 66.7 Å². The number of aliphatic hydroxyl groups excluding tert-OH is 5. The summed E-state index contributed by atoms with van der Waals surface area (Å²) in [6, 6.07) is 23.5. The Morgan fingerprint density at radius 1 is 0.593 bits per heavy atom. The molecule has 0 bridgehead atoms. The van der Waals surface area contributed by atoms with Crippen LogP contribution in [0.3, 0.4) is 0 Å². The topological polar surface area (TPSA) is 303 Å². The standard InChI is InChI=1S/C36H53N3O7S.C32H47N3O8S/c1-9-12-18-36(11-3)21-47(43,44)30-17-16-27(39(7)8)20-28(30)31(33(36)41)25-14-13-15-26(19-25)37-35(42)38-34-32(45-24(6)40)23(5)22(4)29(10-2)46-34;1-6-8-14-32(7-2)18-44(41,42)25-13-12-22(35(4)5)16-23(25)26(29(32)39)20-10-9-11-21(15-20)33-31(40)34-30-28(38)19(3)27(37)24(17-36)43-30/h13-17,19-20,22-23,29,31-34,41H,9-12,18,21H2,1-8H3,(H2,37,38,42);9-13,15-16,19,24,26-30,36-39H,6-8,14,17-18H2,1-5H3,(H2,33,34,40)/t22-,23-,29+,31-,32+,33-,34+,36+;19-,24+,26-,27-,28+,29-,30+,32+/m00/s1. The van der Waals surface area contributed by atoms with E-state index in [-0.39, 0.29) is 39.2 Å². The SMILES string of the molecule is CCCC[C@]1(CC)CS(=O)(=O)c2ccc(N(C)C)cc2[C@H](c2cccc(NC(=O)N[C@@H]3O[C@H](CC)[C@@H](C)[C@H](C)[C@H]3OC(C)=O)c2)[C@@H]1O.CCCC[C@]1(CC)CS(=O)(=O)c2ccc(N(C)C)cc2[C@H](c2cccc(NC(=O)N[C@@H]3O[C@H](CO)[C@@H](O)[C@H](C)[C@H]3O)c2)[C@@H]1O. The van der Waals surface area contributed by atoms with E-state index in [4.69, 9.17) is 14.2 Å². The predicted octanol–water partition coefficient (Wildman–Crippen LogP) is 8.90. The molecule has 4 aliphatic rings. The van der Waals surface area contributed by atoms with Crippen LogP contribution in [-0.2, 0) is 38.7 Å². The number of esters is 1. The number of hydrogen-bond donors (Lipinski definition) is 9. The van der Waals surface area contributed by atoms with E-state index in [2.05, 4.69) is 35.1 Å². The number of ether oxygens (including phenoxy) is 3. The molecular weight excluding hydrogens is 1200 g/mol. The molecule has 2 fully saturated rings. The summed E-state index contributed by atoms with van der Waals surface area (Å²) >= 11 is 0. The van der Waals surface area contributed by atoms with Gasteiger partial charge in [0.25, 0.3) is 0 Å². The van der Waals surface area contributed by atoms with E-state index >= 15 is 0 Å². The van der Waals surface area contributed by atoms with Gasteiger partial charge in [-0.3, -0.25) is 4.79 Å². The van der Waals surface area contributed by atoms with Crippen molar-refractivity contribution >= 4 is 60.5 Å². The third kappa shape index (κ3) is 16.0. The molecule has 4 amide bonds. The highest BCUT2D eigenvalue weighted by Crippen LogP contribution is 2.52. The number of aliphatic hydroxyl groups is 5. The molecule has 4 aromatic rings. The molecule has 0 spiro atoms. The molecule has 91 heavy (non-hydrogen) atoms. The number of rotatable bonds is 19. The summed E-state index contributed by atoms with van der Waals surface area (Å²) < 4.78 is 73.1. The highest BCUT2D eigenvalue weighted by atomic mass is 32.2. The maximum Gasteiger partial charge on any atom is 0.321 e. The highest BCUT2D eigenvalue weighted by molar-refractivity contribution is 7.91. The second-order valence-corrected chi connectivity index (χ2v) is 30.0. The van der Waals surface area contributed by atoms with Crippen LogP contribution in [0.15, 0.2) is 94.7 Å². The summed E-state index contributed by atoms with van der Waals surface area (Å²) in [5.41, 5.74) is 3.14. The van der Waals surface area contributed by atoms with Gasteiger partial charge in [-0.1, -0.05) is 105 Å². The number of benzene rings is 4. The molecule has 0 saturated carbocycles. The predicted molar refractivity (Wildman–Crippen MR) is 353 cm³/mol. The minimum atomic E-state index is -3.74. The molecule has 0 aliphatic carbocycles. The van der Waals surface area contributed by atoms with E-state index in [0.29, 0.717) is 59.3 Å². The molecule has 21 nitrogen and oxygen atoms in total. The van der Waals surface area contributed by atoms with E-state index in [0.717, 1.165) is 43.5 Å². The molecule has 504 valence electrons. The summed E-state index contributed by atoms with van der Waals surface area (Å²) in [5, 5.41) is 65.9. The summed E-state index contributed by atoms with van der Waals surface area (Å²) in [4.78, 5) is 42.6. The average Bonchev–Trinajstić information content (AvgIpc) is 1.62. The average molecular weight is 1310 g/mol. The van der Waals surface area contributed by atoms with E-state index in [1.165, 1.54) is 6.92 Å². The van der Waals surface area contributed by atoms with Gasteiger partial charge in [-0.25, -0.2) is 26.4 Å². The summed E-state index contributed by atoms with van der Waals surface area (Å²) in [6.07, 6.45) is -1.89. The van der Waals surface area contributed by atoms with Crippen molar-refractivity contribution in [1.82, 2.24) is 10.6 Å². The molecule has 4 aliphatic heterocycles. The first-order chi connectivity index (χ1) is 42.9. The van der Waals surface area contributed by atoms with Crippen LogP contribution < -0.4 is 31.1 Å². The van der Waals surface area contributed by atoms with E-state index in [9.17, 15) is 56.8 Å². The Balaban J connectivity index is 0.000000259. The van der Waals surface area contributed by atoms with E-state index in [1.807, 2.05) is 96.9 Å². The zero-order chi connectivity index (χ0) is 67.1. The first-order valence-corrected chi connectivity index (χ1v) is 35.5. The Kier molecular flexibility index (Phi) is 24.3. The lowest BCUT2D eigenvalue weighted by atomic mass is 9.69. The second-order valence-electron chi connectivity index (χ2n) is 26.1. The van der Waals surface area contributed by atoms with Crippen LogP contribution in [-0.4, -0.2) is 162 Å². The number of sulfone groups is 2. The van der Waals surface area contributed by atoms with Gasteiger partial charge in [0.2, 0.25) is 0 Å². The number of carbonyl (C=O) groups is 3. The highest BCUT2D eigenvalue weighted by Gasteiger charge is 2.52. The summed E-state index contributed by atoms with van der Waals surface area (Å²) in [5.74, 6) is -2.67. The summed E-state index contributed by atoms with van der Waals surface area (Å²) in [6.45, 7) is 16.5. The zero-order valence-electron chi connectivity index (χ0n) is 55.2. The number of unbranched alkanes of at least 4 members (excludes halogenated alkanes) is 2. The number of anilines is 4. The van der Waals surface area contributed by atoms with Gasteiger partial charge in [-0.05, 0) is 121 Å². The van der Waals surface area contributed by atoms with Crippen LogP contribution >= 0.6 is 0 Å².